The van der Waals surface area contributed by atoms with Crippen LogP contribution in [0.25, 0.3) is 0 Å². The fourth-order valence-corrected chi connectivity index (χ4v) is 8.24. The number of fused-ring (bicyclic) bond motifs is 5. The number of hydrogen-bond acceptors (Lipinski definition) is 0. The molecule has 4 rings (SSSR count). The summed E-state index contributed by atoms with van der Waals surface area (Å²) in [7, 11) is 0. The third-order valence-electron chi connectivity index (χ3n) is 8.96. The van der Waals surface area contributed by atoms with Gasteiger partial charge in [-0.05, 0) is 95.9 Å². The molecule has 4 aliphatic carbocycles. The van der Waals surface area contributed by atoms with Gasteiger partial charge in [-0.1, -0.05) is 55.4 Å². The second-order valence-electron chi connectivity index (χ2n) is 9.45. The van der Waals surface area contributed by atoms with Gasteiger partial charge in [0.2, 0.25) is 0 Å². The van der Waals surface area contributed by atoms with Crippen LogP contribution in [0.4, 0.5) is 0 Å². The zero-order valence-electron chi connectivity index (χ0n) is 14.5. The van der Waals surface area contributed by atoms with E-state index in [1.165, 1.54) is 38.5 Å². The lowest BCUT2D eigenvalue weighted by Crippen LogP contribution is -2.52. The Labute approximate surface area is 151 Å². The third-order valence-corrected chi connectivity index (χ3v) is 9.38. The Bertz CT molecular complexity index is 455. The molecule has 4 aliphatic rings. The van der Waals surface area contributed by atoms with E-state index in [0.29, 0.717) is 10.8 Å². The van der Waals surface area contributed by atoms with Crippen molar-refractivity contribution >= 4 is 22.6 Å². The second-order valence-corrected chi connectivity index (χ2v) is 10.2. The van der Waals surface area contributed by atoms with E-state index in [1.807, 2.05) is 0 Å². The molecular weight excluding hydrogens is 379 g/mol. The zero-order chi connectivity index (χ0) is 15.4. The minimum absolute atomic E-state index is 0.626. The van der Waals surface area contributed by atoms with Crippen LogP contribution in [0.5, 0.6) is 0 Å². The van der Waals surface area contributed by atoms with Crippen LogP contribution < -0.4 is 0 Å². The lowest BCUT2D eigenvalue weighted by molar-refractivity contribution is -0.107. The van der Waals surface area contributed by atoms with Gasteiger partial charge in [0.1, 0.15) is 0 Å². The summed E-state index contributed by atoms with van der Waals surface area (Å²) in [6.45, 7) is 5.35. The first-order valence-corrected chi connectivity index (χ1v) is 11.1. The monoisotopic (exact) mass is 412 g/mol. The SMILES string of the molecule is C[C@]12CC[C@H]3[C@@H](CCC4CCCC[C@@]43C)[C@@H]1CC[C@@H]2C=CI. The minimum atomic E-state index is 0.626. The van der Waals surface area contributed by atoms with Gasteiger partial charge in [-0.25, -0.2) is 0 Å². The molecule has 0 amide bonds. The molecule has 0 nitrogen and oxygen atoms in total. The summed E-state index contributed by atoms with van der Waals surface area (Å²) in [4.78, 5) is 0. The van der Waals surface area contributed by atoms with Crippen LogP contribution >= 0.6 is 22.6 Å². The summed E-state index contributed by atoms with van der Waals surface area (Å²) < 4.78 is 2.29. The Kier molecular flexibility index (Phi) is 4.19. The highest BCUT2D eigenvalue weighted by Crippen LogP contribution is 2.67. The summed E-state index contributed by atoms with van der Waals surface area (Å²) >= 11 is 2.43. The van der Waals surface area contributed by atoms with Crippen LogP contribution in [0.15, 0.2) is 10.2 Å². The van der Waals surface area contributed by atoms with Crippen LogP contribution in [0, 0.1) is 40.4 Å². The van der Waals surface area contributed by atoms with Gasteiger partial charge in [-0.2, -0.15) is 0 Å². The summed E-state index contributed by atoms with van der Waals surface area (Å²) in [5, 5.41) is 0. The number of allylic oxidation sites excluding steroid dienone is 1. The Morgan fingerprint density at radius 3 is 2.45 bits per heavy atom. The first-order valence-electron chi connectivity index (χ1n) is 9.86. The van der Waals surface area contributed by atoms with Crippen molar-refractivity contribution in [3.63, 3.8) is 0 Å². The molecular formula is C21H33I. The van der Waals surface area contributed by atoms with E-state index in [9.17, 15) is 0 Å². The lowest BCUT2D eigenvalue weighted by Gasteiger charge is -2.60. The minimum Gasteiger partial charge on any atom is -0.0748 e. The Morgan fingerprint density at radius 1 is 0.818 bits per heavy atom. The van der Waals surface area contributed by atoms with Crippen molar-refractivity contribution in [2.24, 2.45) is 40.4 Å². The maximum atomic E-state index is 2.70. The molecule has 0 saturated heterocycles. The largest absolute Gasteiger partial charge is 0.0748 e. The first kappa shape index (κ1) is 16.0. The van der Waals surface area contributed by atoms with E-state index in [4.69, 9.17) is 0 Å². The summed E-state index contributed by atoms with van der Waals surface area (Å²) in [5.41, 5.74) is 1.33. The molecule has 0 radical (unpaired) electrons. The smallest absolute Gasteiger partial charge is 0.0169 e. The van der Waals surface area contributed by atoms with Gasteiger partial charge in [-0.3, -0.25) is 0 Å². The van der Waals surface area contributed by atoms with E-state index in [0.717, 1.165) is 29.6 Å². The molecule has 4 fully saturated rings. The zero-order valence-corrected chi connectivity index (χ0v) is 16.6. The summed E-state index contributed by atoms with van der Waals surface area (Å²) in [6.07, 6.45) is 17.8. The standard InChI is InChI=1S/C21H33I/c1-20-12-4-3-5-15(20)6-8-17-18-9-7-16(11-14-22)21(18,2)13-10-19(17)20/h11,14-19H,3-10,12-13H2,1-2H3/t15?,16-,17+,18+,19+,20+,21-/m1/s1. The average molecular weight is 412 g/mol. The molecule has 4 saturated carbocycles. The van der Waals surface area contributed by atoms with Crippen molar-refractivity contribution in [2.45, 2.75) is 78.1 Å². The number of hydrogen-bond donors (Lipinski definition) is 0. The molecule has 0 N–H and O–H groups in total. The number of rotatable bonds is 1. The fourth-order valence-electron chi connectivity index (χ4n) is 7.74. The molecule has 0 aliphatic heterocycles. The van der Waals surface area contributed by atoms with Crippen LogP contribution in [0.1, 0.15) is 78.1 Å². The average Bonchev–Trinajstić information content (AvgIpc) is 2.84. The maximum absolute atomic E-state index is 2.70. The quantitative estimate of drug-likeness (QED) is 0.408. The predicted molar refractivity (Wildman–Crippen MR) is 103 cm³/mol. The molecule has 1 heteroatoms. The van der Waals surface area contributed by atoms with Gasteiger partial charge in [0.15, 0.2) is 0 Å². The molecule has 124 valence electrons. The second kappa shape index (κ2) is 5.77. The predicted octanol–water partition coefficient (Wildman–Crippen LogP) is 6.98. The van der Waals surface area contributed by atoms with Crippen molar-refractivity contribution in [1.29, 1.82) is 0 Å². The van der Waals surface area contributed by atoms with Crippen molar-refractivity contribution in [1.82, 2.24) is 0 Å². The van der Waals surface area contributed by atoms with E-state index in [-0.39, 0.29) is 0 Å². The lowest BCUT2D eigenvalue weighted by atomic mass is 9.45. The highest BCUT2D eigenvalue weighted by molar-refractivity contribution is 14.1. The van der Waals surface area contributed by atoms with E-state index < -0.39 is 0 Å². The van der Waals surface area contributed by atoms with Crippen molar-refractivity contribution in [3.05, 3.63) is 10.2 Å². The summed E-state index contributed by atoms with van der Waals surface area (Å²) in [5.74, 6) is 5.09. The first-order chi connectivity index (χ1) is 10.6. The van der Waals surface area contributed by atoms with Gasteiger partial charge in [-0.15, -0.1) is 0 Å². The van der Waals surface area contributed by atoms with Crippen molar-refractivity contribution in [3.8, 4) is 0 Å². The molecule has 0 aromatic heterocycles. The highest BCUT2D eigenvalue weighted by Gasteiger charge is 2.59. The third kappa shape index (κ3) is 2.19. The highest BCUT2D eigenvalue weighted by atomic mass is 127. The van der Waals surface area contributed by atoms with Crippen molar-refractivity contribution < 1.29 is 0 Å². The number of halogens is 1. The van der Waals surface area contributed by atoms with E-state index >= 15 is 0 Å². The summed E-state index contributed by atoms with van der Waals surface area (Å²) in [6, 6.07) is 0. The molecule has 0 bridgehead atoms. The molecule has 22 heavy (non-hydrogen) atoms. The topological polar surface area (TPSA) is 0 Å². The molecule has 0 aromatic rings. The molecule has 7 atom stereocenters. The fraction of sp³-hybridized carbons (Fsp3) is 0.905. The van der Waals surface area contributed by atoms with Gasteiger partial charge < -0.3 is 0 Å². The Hall–Kier alpha value is 0.470. The van der Waals surface area contributed by atoms with Gasteiger partial charge >= 0.3 is 0 Å². The molecule has 0 heterocycles. The van der Waals surface area contributed by atoms with E-state index in [1.54, 1.807) is 25.7 Å². The molecule has 1 unspecified atom stereocenters. The van der Waals surface area contributed by atoms with Crippen LogP contribution in [0.3, 0.4) is 0 Å². The Morgan fingerprint density at radius 2 is 1.64 bits per heavy atom. The van der Waals surface area contributed by atoms with E-state index in [2.05, 4.69) is 46.6 Å². The van der Waals surface area contributed by atoms with Crippen molar-refractivity contribution in [2.75, 3.05) is 0 Å². The Balaban J connectivity index is 1.62. The molecule has 0 aromatic carbocycles. The van der Waals surface area contributed by atoms with Crippen LogP contribution in [0.2, 0.25) is 0 Å². The van der Waals surface area contributed by atoms with Crippen LogP contribution in [-0.2, 0) is 0 Å². The molecule has 0 spiro atoms. The van der Waals surface area contributed by atoms with Gasteiger partial charge in [0.05, 0.1) is 0 Å². The van der Waals surface area contributed by atoms with Gasteiger partial charge in [0.25, 0.3) is 0 Å². The van der Waals surface area contributed by atoms with Crippen LogP contribution in [-0.4, -0.2) is 0 Å². The maximum Gasteiger partial charge on any atom is -0.0169 e. The normalized spacial score (nSPS) is 54.8. The van der Waals surface area contributed by atoms with Gasteiger partial charge in [0, 0.05) is 0 Å².